The first-order valence-electron chi connectivity index (χ1n) is 9.62. The van der Waals surface area contributed by atoms with Crippen LogP contribution in [0, 0.1) is 5.82 Å². The van der Waals surface area contributed by atoms with Crippen molar-refractivity contribution >= 4 is 11.6 Å². The zero-order chi connectivity index (χ0) is 18.7. The summed E-state index contributed by atoms with van der Waals surface area (Å²) in [5.41, 5.74) is 3.47. The highest BCUT2D eigenvalue weighted by molar-refractivity contribution is 5.98. The SMILES string of the molecule is CN=C(NCC1(c2cccc(F)c2)CCOCC1)N1CCc2ccccc21. The minimum absolute atomic E-state index is 0.143. The molecule has 0 atom stereocenters. The molecule has 2 aliphatic heterocycles. The maximum atomic E-state index is 13.9. The molecule has 4 nitrogen and oxygen atoms in total. The number of rotatable bonds is 3. The Labute approximate surface area is 160 Å². The van der Waals surface area contributed by atoms with Gasteiger partial charge in [-0.3, -0.25) is 4.99 Å². The first kappa shape index (κ1) is 18.0. The van der Waals surface area contributed by atoms with Crippen LogP contribution in [0.25, 0.3) is 0 Å². The Morgan fingerprint density at radius 1 is 1.19 bits per heavy atom. The number of hydrogen-bond acceptors (Lipinski definition) is 2. The van der Waals surface area contributed by atoms with Crippen LogP contribution in [0.3, 0.4) is 0 Å². The number of ether oxygens (including phenoxy) is 1. The van der Waals surface area contributed by atoms with Crippen LogP contribution in [0.1, 0.15) is 24.0 Å². The standard InChI is InChI=1S/C22H26FN3O/c1-24-21(26-12-9-17-5-2-3-8-20(17)26)25-16-22(10-13-27-14-11-22)18-6-4-7-19(23)15-18/h2-8,15H,9-14,16H2,1H3,(H,24,25). The van der Waals surface area contributed by atoms with E-state index in [2.05, 4.69) is 39.5 Å². The Kier molecular flexibility index (Phi) is 5.12. The van der Waals surface area contributed by atoms with Gasteiger partial charge in [0.2, 0.25) is 0 Å². The molecule has 0 spiro atoms. The molecule has 2 aromatic carbocycles. The number of nitrogens with one attached hydrogen (secondary N) is 1. The van der Waals surface area contributed by atoms with Crippen LogP contribution in [-0.4, -0.2) is 39.3 Å². The highest BCUT2D eigenvalue weighted by atomic mass is 19.1. The maximum Gasteiger partial charge on any atom is 0.198 e. The first-order chi connectivity index (χ1) is 13.2. The third-order valence-corrected chi connectivity index (χ3v) is 5.83. The summed E-state index contributed by atoms with van der Waals surface area (Å²) in [6.07, 6.45) is 2.77. The molecule has 0 bridgehead atoms. The van der Waals surface area contributed by atoms with Crippen LogP contribution < -0.4 is 10.2 Å². The van der Waals surface area contributed by atoms with E-state index in [0.717, 1.165) is 37.3 Å². The van der Waals surface area contributed by atoms with E-state index in [0.29, 0.717) is 19.8 Å². The number of fused-ring (bicyclic) bond motifs is 1. The predicted octanol–water partition coefficient (Wildman–Crippen LogP) is 3.51. The Bertz CT molecular complexity index is 830. The zero-order valence-corrected chi connectivity index (χ0v) is 15.7. The van der Waals surface area contributed by atoms with E-state index in [9.17, 15) is 4.39 Å². The second kappa shape index (κ2) is 7.69. The van der Waals surface area contributed by atoms with Crippen LogP contribution in [0.5, 0.6) is 0 Å². The van der Waals surface area contributed by atoms with E-state index in [-0.39, 0.29) is 11.2 Å². The molecule has 5 heteroatoms. The van der Waals surface area contributed by atoms with Gasteiger partial charge in [0.1, 0.15) is 5.82 Å². The minimum atomic E-state index is -0.184. The summed E-state index contributed by atoms with van der Waals surface area (Å²) in [6, 6.07) is 15.5. The van der Waals surface area contributed by atoms with Gasteiger partial charge in [-0.1, -0.05) is 30.3 Å². The Morgan fingerprint density at radius 2 is 2.00 bits per heavy atom. The summed E-state index contributed by atoms with van der Waals surface area (Å²) in [5, 5.41) is 3.58. The Morgan fingerprint density at radius 3 is 2.78 bits per heavy atom. The van der Waals surface area contributed by atoms with Crippen LogP contribution in [0.2, 0.25) is 0 Å². The quantitative estimate of drug-likeness (QED) is 0.666. The van der Waals surface area contributed by atoms with Crippen LogP contribution >= 0.6 is 0 Å². The molecule has 0 saturated carbocycles. The lowest BCUT2D eigenvalue weighted by atomic mass is 9.74. The third-order valence-electron chi connectivity index (χ3n) is 5.83. The van der Waals surface area contributed by atoms with Gasteiger partial charge in [0.15, 0.2) is 5.96 Å². The van der Waals surface area contributed by atoms with Gasteiger partial charge < -0.3 is 15.0 Å². The van der Waals surface area contributed by atoms with Gasteiger partial charge in [-0.05, 0) is 48.6 Å². The summed E-state index contributed by atoms with van der Waals surface area (Å²) < 4.78 is 19.5. The lowest BCUT2D eigenvalue weighted by Gasteiger charge is -2.39. The van der Waals surface area contributed by atoms with Crippen molar-refractivity contribution in [1.82, 2.24) is 5.32 Å². The fourth-order valence-corrected chi connectivity index (χ4v) is 4.25. The van der Waals surface area contributed by atoms with Gasteiger partial charge in [0.05, 0.1) is 0 Å². The van der Waals surface area contributed by atoms with E-state index in [1.165, 1.54) is 17.3 Å². The van der Waals surface area contributed by atoms with Gasteiger partial charge in [-0.15, -0.1) is 0 Å². The van der Waals surface area contributed by atoms with Crippen molar-refractivity contribution in [3.8, 4) is 0 Å². The fraction of sp³-hybridized carbons (Fsp3) is 0.409. The summed E-state index contributed by atoms with van der Waals surface area (Å²) in [4.78, 5) is 6.77. The molecule has 4 rings (SSSR count). The molecule has 0 aliphatic carbocycles. The molecular weight excluding hydrogens is 341 g/mol. The van der Waals surface area contributed by atoms with Crippen molar-refractivity contribution in [3.05, 3.63) is 65.5 Å². The smallest absolute Gasteiger partial charge is 0.198 e. The van der Waals surface area contributed by atoms with Gasteiger partial charge in [-0.25, -0.2) is 4.39 Å². The number of para-hydroxylation sites is 1. The van der Waals surface area contributed by atoms with E-state index in [1.807, 2.05) is 13.1 Å². The number of guanidine groups is 1. The minimum Gasteiger partial charge on any atom is -0.381 e. The second-order valence-corrected chi connectivity index (χ2v) is 7.33. The molecule has 1 N–H and O–H groups in total. The highest BCUT2D eigenvalue weighted by Gasteiger charge is 2.35. The van der Waals surface area contributed by atoms with Crippen molar-refractivity contribution in [2.24, 2.45) is 4.99 Å². The molecule has 142 valence electrons. The van der Waals surface area contributed by atoms with Crippen LogP contribution in [0.15, 0.2) is 53.5 Å². The summed E-state index contributed by atoms with van der Waals surface area (Å²) >= 11 is 0. The monoisotopic (exact) mass is 367 g/mol. The molecule has 0 amide bonds. The molecule has 0 radical (unpaired) electrons. The first-order valence-corrected chi connectivity index (χ1v) is 9.62. The van der Waals surface area contributed by atoms with Gasteiger partial charge in [0, 0.05) is 44.5 Å². The molecule has 2 aromatic rings. The Balaban J connectivity index is 1.56. The van der Waals surface area contributed by atoms with Crippen molar-refractivity contribution in [1.29, 1.82) is 0 Å². The molecular formula is C22H26FN3O. The lowest BCUT2D eigenvalue weighted by molar-refractivity contribution is 0.0513. The van der Waals surface area contributed by atoms with Crippen LogP contribution in [0.4, 0.5) is 10.1 Å². The maximum absolute atomic E-state index is 13.9. The van der Waals surface area contributed by atoms with E-state index in [1.54, 1.807) is 12.1 Å². The van der Waals surface area contributed by atoms with Crippen LogP contribution in [-0.2, 0) is 16.6 Å². The lowest BCUT2D eigenvalue weighted by Crippen LogP contribution is -2.49. The topological polar surface area (TPSA) is 36.9 Å². The number of benzene rings is 2. The molecule has 0 aromatic heterocycles. The summed E-state index contributed by atoms with van der Waals surface area (Å²) in [7, 11) is 1.82. The van der Waals surface area contributed by atoms with E-state index >= 15 is 0 Å². The molecule has 27 heavy (non-hydrogen) atoms. The van der Waals surface area contributed by atoms with Crippen molar-refractivity contribution < 1.29 is 9.13 Å². The largest absolute Gasteiger partial charge is 0.381 e. The molecule has 1 fully saturated rings. The molecule has 2 aliphatic rings. The van der Waals surface area contributed by atoms with Crippen molar-refractivity contribution in [2.45, 2.75) is 24.7 Å². The van der Waals surface area contributed by atoms with Gasteiger partial charge in [0.25, 0.3) is 0 Å². The molecule has 0 unspecified atom stereocenters. The third kappa shape index (κ3) is 3.56. The molecule has 2 heterocycles. The number of hydrogen-bond donors (Lipinski definition) is 1. The number of nitrogens with zero attached hydrogens (tertiary/aromatic N) is 2. The van der Waals surface area contributed by atoms with Crippen molar-refractivity contribution in [3.63, 3.8) is 0 Å². The fourth-order valence-electron chi connectivity index (χ4n) is 4.25. The summed E-state index contributed by atoms with van der Waals surface area (Å²) in [5.74, 6) is 0.693. The number of halogens is 1. The van der Waals surface area contributed by atoms with E-state index < -0.39 is 0 Å². The normalized spacial score (nSPS) is 19.0. The zero-order valence-electron chi connectivity index (χ0n) is 15.7. The average Bonchev–Trinajstić information content (AvgIpc) is 3.13. The Hall–Kier alpha value is -2.40. The van der Waals surface area contributed by atoms with E-state index in [4.69, 9.17) is 4.74 Å². The van der Waals surface area contributed by atoms with Crippen molar-refractivity contribution in [2.75, 3.05) is 38.3 Å². The highest BCUT2D eigenvalue weighted by Crippen LogP contribution is 2.35. The molecule has 1 saturated heterocycles. The number of aliphatic imine (C=N–C) groups is 1. The van der Waals surface area contributed by atoms with Gasteiger partial charge in [-0.2, -0.15) is 0 Å². The second-order valence-electron chi connectivity index (χ2n) is 7.33. The number of anilines is 1. The predicted molar refractivity (Wildman–Crippen MR) is 107 cm³/mol. The van der Waals surface area contributed by atoms with Gasteiger partial charge >= 0.3 is 0 Å². The average molecular weight is 367 g/mol. The summed E-state index contributed by atoms with van der Waals surface area (Å²) in [6.45, 7) is 3.03.